The van der Waals surface area contributed by atoms with Gasteiger partial charge in [-0.05, 0) is 89.9 Å². The van der Waals surface area contributed by atoms with Crippen molar-refractivity contribution in [2.75, 3.05) is 19.8 Å². The summed E-state index contributed by atoms with van der Waals surface area (Å²) in [5.74, 6) is -2.56. The first-order valence-electron chi connectivity index (χ1n) is 21.4. The van der Waals surface area contributed by atoms with Gasteiger partial charge in [0.1, 0.15) is 12.6 Å². The predicted molar refractivity (Wildman–Crippen MR) is 234 cm³/mol. The molecule has 1 fully saturated rings. The molecular formula is C46H72NO11P. The molecule has 59 heavy (non-hydrogen) atoms. The van der Waals surface area contributed by atoms with Crippen molar-refractivity contribution < 1.29 is 52.2 Å². The van der Waals surface area contributed by atoms with Gasteiger partial charge in [-0.15, -0.1) is 0 Å². The van der Waals surface area contributed by atoms with Gasteiger partial charge >= 0.3 is 25.7 Å². The number of aliphatic carboxylic acids is 1. The van der Waals surface area contributed by atoms with Crippen molar-refractivity contribution in [2.45, 2.75) is 154 Å². The first-order valence-corrected chi connectivity index (χ1v) is 22.9. The molecule has 0 aromatic rings. The lowest BCUT2D eigenvalue weighted by Crippen LogP contribution is -2.34. The quantitative estimate of drug-likeness (QED) is 0.0177. The predicted octanol–water partition coefficient (Wildman–Crippen LogP) is 10.3. The lowest BCUT2D eigenvalue weighted by Gasteiger charge is -2.20. The van der Waals surface area contributed by atoms with Gasteiger partial charge in [0, 0.05) is 12.8 Å². The van der Waals surface area contributed by atoms with Crippen LogP contribution in [0.4, 0.5) is 0 Å². The van der Waals surface area contributed by atoms with Gasteiger partial charge in [0.15, 0.2) is 6.10 Å². The maximum Gasteiger partial charge on any atom is 0.472 e. The molecule has 0 aromatic carbocycles. The van der Waals surface area contributed by atoms with Gasteiger partial charge in [-0.25, -0.2) is 4.57 Å². The van der Waals surface area contributed by atoms with E-state index in [0.29, 0.717) is 25.7 Å². The smallest absolute Gasteiger partial charge is 0.472 e. The number of unbranched alkanes of at least 4 members (excludes halogenated alkanes) is 4. The summed E-state index contributed by atoms with van der Waals surface area (Å²) in [6.45, 7) is 2.50. The Hall–Kier alpha value is -3.64. The maximum absolute atomic E-state index is 12.7. The number of carbonyl (C=O) groups excluding carboxylic acids is 2. The molecule has 5 atom stereocenters. The van der Waals surface area contributed by atoms with Crippen LogP contribution in [-0.2, 0) is 42.2 Å². The summed E-state index contributed by atoms with van der Waals surface area (Å²) in [6.07, 6.45) is 47.8. The van der Waals surface area contributed by atoms with Crippen molar-refractivity contribution >= 4 is 25.7 Å². The first-order chi connectivity index (χ1) is 28.6. The highest BCUT2D eigenvalue weighted by Gasteiger charge is 2.37. The average Bonchev–Trinajstić information content (AvgIpc) is 3.97. The number of epoxide rings is 1. The van der Waals surface area contributed by atoms with E-state index in [0.717, 1.165) is 57.8 Å². The van der Waals surface area contributed by atoms with Crippen LogP contribution < -0.4 is 5.73 Å². The molecule has 0 aromatic heterocycles. The standard InChI is InChI=1S/C46H72NO11P/c1-3-5-7-9-11-13-15-17-18-19-20-21-23-25-27-29-31-35-44(48)54-37-40(38-55-59(52,53)56-39-41(47)46(50)51)57-45(49)36-32-34-43-42(58-43)33-30-28-26-24-22-16-14-12-10-8-6-4-2/h5,7,11-14,17-18,20-22,24-25,27-28,30,40-43H,3-4,6,8-10,15-16,19,23,26,29,31-39,47H2,1-2H3,(H,50,51)(H,52,53)/b7-5-,13-11-,14-12-,18-17-,21-20-,24-22-,27-25-,30-28-/t40-,41+,42?,43?/m1/s1. The third-order valence-corrected chi connectivity index (χ3v) is 9.69. The third-order valence-electron chi connectivity index (χ3n) is 8.74. The molecule has 1 heterocycles. The number of hydrogen-bond donors (Lipinski definition) is 3. The Kier molecular flexibility index (Phi) is 32.8. The molecule has 0 spiro atoms. The fourth-order valence-electron chi connectivity index (χ4n) is 5.30. The lowest BCUT2D eigenvalue weighted by molar-refractivity contribution is -0.161. The van der Waals surface area contributed by atoms with Gasteiger partial charge in [0.2, 0.25) is 0 Å². The molecule has 1 aliphatic rings. The number of nitrogens with two attached hydrogens (primary N) is 1. The van der Waals surface area contributed by atoms with Crippen LogP contribution in [0.2, 0.25) is 0 Å². The fraction of sp³-hybridized carbons (Fsp3) is 0.587. The van der Waals surface area contributed by atoms with Crippen LogP contribution in [0.15, 0.2) is 97.2 Å². The number of carboxylic acids is 1. The van der Waals surface area contributed by atoms with Crippen molar-refractivity contribution in [3.8, 4) is 0 Å². The second kappa shape index (κ2) is 36.2. The molecule has 3 unspecified atom stereocenters. The molecule has 12 nitrogen and oxygen atoms in total. The zero-order valence-electron chi connectivity index (χ0n) is 35.5. The van der Waals surface area contributed by atoms with Crippen LogP contribution in [0.1, 0.15) is 129 Å². The van der Waals surface area contributed by atoms with Crippen LogP contribution >= 0.6 is 7.82 Å². The monoisotopic (exact) mass is 845 g/mol. The molecule has 4 N–H and O–H groups in total. The van der Waals surface area contributed by atoms with Gasteiger partial charge in [-0.3, -0.25) is 23.4 Å². The highest BCUT2D eigenvalue weighted by atomic mass is 31.2. The van der Waals surface area contributed by atoms with Crippen LogP contribution in [-0.4, -0.2) is 72.1 Å². The zero-order chi connectivity index (χ0) is 43.2. The molecular weight excluding hydrogens is 773 g/mol. The molecule has 1 aliphatic heterocycles. The minimum Gasteiger partial charge on any atom is -0.480 e. The molecule has 0 radical (unpaired) electrons. The summed E-state index contributed by atoms with van der Waals surface area (Å²) in [6, 6.07) is -1.55. The summed E-state index contributed by atoms with van der Waals surface area (Å²) >= 11 is 0. The molecule has 0 bridgehead atoms. The number of rotatable bonds is 37. The van der Waals surface area contributed by atoms with E-state index in [1.807, 2.05) is 12.2 Å². The van der Waals surface area contributed by atoms with E-state index in [-0.39, 0.29) is 25.0 Å². The molecule has 1 saturated heterocycles. The molecule has 1 rings (SSSR count). The normalized spacial score (nSPS) is 18.1. The highest BCUT2D eigenvalue weighted by molar-refractivity contribution is 7.47. The Morgan fingerprint density at radius 1 is 0.644 bits per heavy atom. The van der Waals surface area contributed by atoms with Crippen LogP contribution in [0.25, 0.3) is 0 Å². The van der Waals surface area contributed by atoms with Crippen molar-refractivity contribution in [2.24, 2.45) is 5.73 Å². The number of phosphoric ester groups is 1. The average molecular weight is 846 g/mol. The molecule has 13 heteroatoms. The van der Waals surface area contributed by atoms with Crippen LogP contribution in [0.5, 0.6) is 0 Å². The van der Waals surface area contributed by atoms with Crippen LogP contribution in [0, 0.1) is 0 Å². The van der Waals surface area contributed by atoms with Gasteiger partial charge < -0.3 is 29.9 Å². The van der Waals surface area contributed by atoms with Gasteiger partial charge in [0.05, 0.1) is 25.4 Å². The van der Waals surface area contributed by atoms with E-state index < -0.39 is 57.7 Å². The van der Waals surface area contributed by atoms with E-state index in [2.05, 4.69) is 103 Å². The minimum atomic E-state index is -4.76. The molecule has 0 amide bonds. The second-order valence-electron chi connectivity index (χ2n) is 14.1. The van der Waals surface area contributed by atoms with Crippen molar-refractivity contribution in [3.63, 3.8) is 0 Å². The summed E-state index contributed by atoms with van der Waals surface area (Å²) in [5.41, 5.74) is 5.33. The number of carbonyl (C=O) groups is 3. The minimum absolute atomic E-state index is 0.0543. The fourth-order valence-corrected chi connectivity index (χ4v) is 6.08. The lowest BCUT2D eigenvalue weighted by atomic mass is 10.1. The van der Waals surface area contributed by atoms with Crippen molar-refractivity contribution in [1.29, 1.82) is 0 Å². The van der Waals surface area contributed by atoms with Crippen LogP contribution in [0.3, 0.4) is 0 Å². The van der Waals surface area contributed by atoms with E-state index in [4.69, 9.17) is 29.6 Å². The largest absolute Gasteiger partial charge is 0.480 e. The Morgan fingerprint density at radius 3 is 1.71 bits per heavy atom. The van der Waals surface area contributed by atoms with Gasteiger partial charge in [-0.1, -0.05) is 124 Å². The summed E-state index contributed by atoms with van der Waals surface area (Å²) in [5, 5.41) is 8.90. The Bertz CT molecular complexity index is 1430. The SMILES string of the molecule is CC/C=C\C/C=C\C/C=C\C/C=C\C/C=C\CCCC(=O)OC[C@H](COP(=O)(O)OC[C@H](N)C(=O)O)OC(=O)CCCC1OC1C/C=C\C/C=C\C/C=C\CCCCC. The van der Waals surface area contributed by atoms with E-state index in [9.17, 15) is 23.8 Å². The molecule has 0 aliphatic carbocycles. The Balaban J connectivity index is 2.41. The van der Waals surface area contributed by atoms with E-state index in [1.54, 1.807) is 0 Å². The molecule has 332 valence electrons. The van der Waals surface area contributed by atoms with E-state index in [1.165, 1.54) is 19.3 Å². The molecule has 0 saturated carbocycles. The number of esters is 2. The summed E-state index contributed by atoms with van der Waals surface area (Å²) < 4.78 is 38.4. The maximum atomic E-state index is 12.7. The number of carboxylic acid groups (broad SMARTS) is 1. The number of allylic oxidation sites excluding steroid dienone is 15. The number of phosphoric acid groups is 1. The van der Waals surface area contributed by atoms with Gasteiger partial charge in [0.25, 0.3) is 0 Å². The summed E-state index contributed by atoms with van der Waals surface area (Å²) in [7, 11) is -4.76. The van der Waals surface area contributed by atoms with Crippen molar-refractivity contribution in [1.82, 2.24) is 0 Å². The Morgan fingerprint density at radius 2 is 1.15 bits per heavy atom. The first kappa shape index (κ1) is 53.4. The van der Waals surface area contributed by atoms with E-state index >= 15 is 0 Å². The zero-order valence-corrected chi connectivity index (χ0v) is 36.4. The summed E-state index contributed by atoms with van der Waals surface area (Å²) in [4.78, 5) is 46.1. The second-order valence-corrected chi connectivity index (χ2v) is 15.6. The third kappa shape index (κ3) is 33.8. The van der Waals surface area contributed by atoms with Crippen molar-refractivity contribution in [3.05, 3.63) is 97.2 Å². The topological polar surface area (TPSA) is 184 Å². The number of hydrogen-bond acceptors (Lipinski definition) is 10. The van der Waals surface area contributed by atoms with Gasteiger partial charge in [-0.2, -0.15) is 0 Å². The number of ether oxygens (including phenoxy) is 3. The Labute approximate surface area is 353 Å². The highest BCUT2D eigenvalue weighted by Crippen LogP contribution is 2.43.